The molecule has 0 bridgehead atoms. The maximum absolute atomic E-state index is 13.6. The summed E-state index contributed by atoms with van der Waals surface area (Å²) in [5, 5.41) is 21.6. The molecule has 0 amide bonds. The zero-order valence-electron chi connectivity index (χ0n) is 9.00. The van der Waals surface area contributed by atoms with Gasteiger partial charge in [-0.25, -0.2) is 9.07 Å². The van der Waals surface area contributed by atoms with Crippen molar-refractivity contribution in [2.75, 3.05) is 0 Å². The second-order valence-corrected chi connectivity index (χ2v) is 3.45. The van der Waals surface area contributed by atoms with Crippen molar-refractivity contribution in [3.8, 4) is 5.69 Å². The third kappa shape index (κ3) is 1.90. The maximum atomic E-state index is 13.6. The van der Waals surface area contributed by atoms with Crippen LogP contribution in [0.1, 0.15) is 5.56 Å². The van der Waals surface area contributed by atoms with Crippen molar-refractivity contribution in [3.63, 3.8) is 0 Å². The Balaban J connectivity index is 2.59. The Kier molecular flexibility index (Phi) is 2.76. The molecule has 1 aromatic heterocycles. The molecule has 2 aromatic rings. The van der Waals surface area contributed by atoms with Gasteiger partial charge in [-0.05, 0) is 12.1 Å². The Labute approximate surface area is 100 Å². The van der Waals surface area contributed by atoms with Gasteiger partial charge in [0, 0.05) is 0 Å². The lowest BCUT2D eigenvalue weighted by atomic mass is 10.1. The van der Waals surface area contributed by atoms with Crippen LogP contribution in [0.25, 0.3) is 5.69 Å². The van der Waals surface area contributed by atoms with Crippen molar-refractivity contribution < 1.29 is 9.31 Å². The topological polar surface area (TPSA) is 111 Å². The average molecular weight is 249 g/mol. The van der Waals surface area contributed by atoms with E-state index >= 15 is 0 Å². The smallest absolute Gasteiger partial charge is 0.307 e. The lowest BCUT2D eigenvalue weighted by Crippen LogP contribution is -2.17. The third-order valence-corrected chi connectivity index (χ3v) is 2.29. The van der Waals surface area contributed by atoms with Crippen LogP contribution in [-0.4, -0.2) is 20.5 Å². The number of hydrogen-bond acceptors (Lipinski definition) is 4. The number of nitrogens with one attached hydrogen (secondary N) is 1. The molecule has 1 aromatic carbocycles. The van der Waals surface area contributed by atoms with Crippen molar-refractivity contribution >= 4 is 11.5 Å². The van der Waals surface area contributed by atoms with Crippen molar-refractivity contribution in [2.45, 2.75) is 0 Å². The van der Waals surface area contributed by atoms with Crippen LogP contribution < -0.4 is 5.73 Å². The van der Waals surface area contributed by atoms with Gasteiger partial charge in [0.2, 0.25) is 0 Å². The molecule has 2 rings (SSSR count). The molecule has 3 N–H and O–H groups in total. The van der Waals surface area contributed by atoms with E-state index in [1.165, 1.54) is 12.1 Å². The Morgan fingerprint density at radius 2 is 2.28 bits per heavy atom. The molecule has 1 heterocycles. The number of nitro groups is 1. The van der Waals surface area contributed by atoms with E-state index in [1.807, 2.05) is 0 Å². The van der Waals surface area contributed by atoms with E-state index in [1.54, 1.807) is 0 Å². The molecule has 0 spiro atoms. The average Bonchev–Trinajstić information content (AvgIpc) is 2.77. The molecule has 0 radical (unpaired) electrons. The second-order valence-electron chi connectivity index (χ2n) is 3.45. The Bertz CT molecular complexity index is 637. The summed E-state index contributed by atoms with van der Waals surface area (Å²) in [7, 11) is 0. The van der Waals surface area contributed by atoms with E-state index in [4.69, 9.17) is 11.1 Å². The molecular weight excluding hydrogens is 241 g/mol. The molecule has 0 unspecified atom stereocenters. The predicted molar refractivity (Wildman–Crippen MR) is 61.2 cm³/mol. The van der Waals surface area contributed by atoms with Crippen LogP contribution in [0.5, 0.6) is 0 Å². The summed E-state index contributed by atoms with van der Waals surface area (Å²) in [5.41, 5.74) is 5.09. The van der Waals surface area contributed by atoms with Crippen LogP contribution in [0.4, 0.5) is 10.1 Å². The van der Waals surface area contributed by atoms with Crippen LogP contribution in [-0.2, 0) is 0 Å². The monoisotopic (exact) mass is 249 g/mol. The van der Waals surface area contributed by atoms with Crippen molar-refractivity contribution in [1.82, 2.24) is 9.78 Å². The molecule has 18 heavy (non-hydrogen) atoms. The quantitative estimate of drug-likeness (QED) is 0.368. The highest BCUT2D eigenvalue weighted by Crippen LogP contribution is 2.19. The number of nitrogen functional groups attached to an aromatic ring is 1. The molecular formula is C10H8FN5O2. The summed E-state index contributed by atoms with van der Waals surface area (Å²) < 4.78 is 14.7. The fourth-order valence-corrected chi connectivity index (χ4v) is 1.51. The number of hydrogen-bond donors (Lipinski definition) is 2. The van der Waals surface area contributed by atoms with E-state index in [0.29, 0.717) is 0 Å². The highest BCUT2D eigenvalue weighted by molar-refractivity contribution is 5.98. The highest BCUT2D eigenvalue weighted by Gasteiger charge is 2.16. The first-order valence-corrected chi connectivity index (χ1v) is 4.83. The van der Waals surface area contributed by atoms with Crippen LogP contribution in [0.15, 0.2) is 30.6 Å². The van der Waals surface area contributed by atoms with Gasteiger partial charge in [0.05, 0.1) is 16.2 Å². The first-order chi connectivity index (χ1) is 8.50. The molecule has 0 fully saturated rings. The molecule has 92 valence electrons. The SMILES string of the molecule is N=C(N)c1c(F)cccc1-n1cc([N+](=O)[O-])cn1. The summed E-state index contributed by atoms with van der Waals surface area (Å²) in [6.07, 6.45) is 2.16. The van der Waals surface area contributed by atoms with Crippen LogP contribution >= 0.6 is 0 Å². The van der Waals surface area contributed by atoms with E-state index in [9.17, 15) is 14.5 Å². The molecule has 0 aliphatic heterocycles. The number of benzene rings is 1. The minimum absolute atomic E-state index is 0.143. The first kappa shape index (κ1) is 11.7. The summed E-state index contributed by atoms with van der Waals surface area (Å²) in [6, 6.07) is 4.03. The molecule has 0 saturated heterocycles. The maximum Gasteiger partial charge on any atom is 0.307 e. The Morgan fingerprint density at radius 1 is 1.56 bits per heavy atom. The number of rotatable bonds is 3. The van der Waals surface area contributed by atoms with Crippen LogP contribution in [0.3, 0.4) is 0 Å². The highest BCUT2D eigenvalue weighted by atomic mass is 19.1. The number of aromatic nitrogens is 2. The summed E-state index contributed by atoms with van der Waals surface area (Å²) in [5.74, 6) is -1.15. The normalized spacial score (nSPS) is 10.3. The molecule has 8 heteroatoms. The van der Waals surface area contributed by atoms with Gasteiger partial charge in [-0.15, -0.1) is 0 Å². The number of halogens is 1. The number of amidine groups is 1. The van der Waals surface area contributed by atoms with Gasteiger partial charge >= 0.3 is 5.69 Å². The van der Waals surface area contributed by atoms with E-state index in [-0.39, 0.29) is 16.9 Å². The lowest BCUT2D eigenvalue weighted by molar-refractivity contribution is -0.384. The molecule has 7 nitrogen and oxygen atoms in total. The van der Waals surface area contributed by atoms with Crippen LogP contribution in [0, 0.1) is 21.3 Å². The van der Waals surface area contributed by atoms with Gasteiger partial charge in [0.15, 0.2) is 0 Å². The number of nitrogens with zero attached hydrogens (tertiary/aromatic N) is 3. The minimum Gasteiger partial charge on any atom is -0.384 e. The van der Waals surface area contributed by atoms with Gasteiger partial charge in [-0.1, -0.05) is 6.07 Å². The third-order valence-electron chi connectivity index (χ3n) is 2.29. The number of nitrogens with two attached hydrogens (primary N) is 1. The van der Waals surface area contributed by atoms with Crippen molar-refractivity contribution in [2.24, 2.45) is 5.73 Å². The van der Waals surface area contributed by atoms with Gasteiger partial charge in [-0.2, -0.15) is 5.10 Å². The lowest BCUT2D eigenvalue weighted by Gasteiger charge is -2.08. The van der Waals surface area contributed by atoms with Gasteiger partial charge in [-0.3, -0.25) is 15.5 Å². The van der Waals surface area contributed by atoms with Crippen LogP contribution in [0.2, 0.25) is 0 Å². The Morgan fingerprint density at radius 3 is 2.83 bits per heavy atom. The molecule has 0 aliphatic carbocycles. The molecule has 0 saturated carbocycles. The van der Waals surface area contributed by atoms with Gasteiger partial charge in [0.1, 0.15) is 24.0 Å². The molecule has 0 atom stereocenters. The zero-order chi connectivity index (χ0) is 13.3. The zero-order valence-corrected chi connectivity index (χ0v) is 9.00. The van der Waals surface area contributed by atoms with E-state index in [0.717, 1.165) is 23.1 Å². The fourth-order valence-electron chi connectivity index (χ4n) is 1.51. The molecule has 0 aliphatic rings. The summed E-state index contributed by atoms with van der Waals surface area (Å²) >= 11 is 0. The minimum atomic E-state index is -0.682. The standard InChI is InChI=1S/C10H8FN5O2/c11-7-2-1-3-8(9(7)10(12)13)15-5-6(4-14-15)16(17)18/h1-5H,(H3,12,13). The van der Waals surface area contributed by atoms with Gasteiger partial charge in [0.25, 0.3) is 0 Å². The fraction of sp³-hybridized carbons (Fsp3) is 0. The summed E-state index contributed by atoms with van der Waals surface area (Å²) in [4.78, 5) is 9.93. The Hall–Kier alpha value is -2.77. The largest absolute Gasteiger partial charge is 0.384 e. The first-order valence-electron chi connectivity index (χ1n) is 4.83. The second kappa shape index (κ2) is 4.24. The van der Waals surface area contributed by atoms with Crippen molar-refractivity contribution in [3.05, 3.63) is 52.1 Å². The van der Waals surface area contributed by atoms with Gasteiger partial charge < -0.3 is 5.73 Å². The van der Waals surface area contributed by atoms with Crippen molar-refractivity contribution in [1.29, 1.82) is 5.41 Å². The van der Waals surface area contributed by atoms with E-state index in [2.05, 4.69) is 5.10 Å². The predicted octanol–water partition coefficient (Wildman–Crippen LogP) is 1.20. The van der Waals surface area contributed by atoms with E-state index < -0.39 is 16.6 Å². The summed E-state index contributed by atoms with van der Waals surface area (Å²) in [6.45, 7) is 0.